The Morgan fingerprint density at radius 3 is 2.68 bits per heavy atom. The Balaban J connectivity index is 2.01. The van der Waals surface area contributed by atoms with E-state index in [0.717, 1.165) is 43.9 Å². The molecular weight excluding hydrogens is 238 g/mol. The molecule has 0 bridgehead atoms. The topological polar surface area (TPSA) is 30.5 Å². The van der Waals surface area contributed by atoms with Crippen molar-refractivity contribution in [1.29, 1.82) is 0 Å². The molecule has 2 rings (SSSR count). The summed E-state index contributed by atoms with van der Waals surface area (Å²) >= 11 is 0. The first kappa shape index (κ1) is 13.9. The lowest BCUT2D eigenvalue weighted by Crippen LogP contribution is -2.33. The molecule has 1 aromatic rings. The highest BCUT2D eigenvalue weighted by Gasteiger charge is 2.18. The zero-order chi connectivity index (χ0) is 13.5. The third kappa shape index (κ3) is 4.00. The predicted molar refractivity (Wildman–Crippen MR) is 77.4 cm³/mol. The maximum atomic E-state index is 5.70. The van der Waals surface area contributed by atoms with Crippen LogP contribution in [0.4, 0.5) is 0 Å². The van der Waals surface area contributed by atoms with Crippen LogP contribution in [0.1, 0.15) is 25.3 Å². The van der Waals surface area contributed by atoms with Gasteiger partial charge in [0.05, 0.1) is 19.8 Å². The van der Waals surface area contributed by atoms with Crippen molar-refractivity contribution in [2.75, 3.05) is 20.3 Å². The molecule has 1 aromatic carbocycles. The first-order valence-corrected chi connectivity index (χ1v) is 7.02. The van der Waals surface area contributed by atoms with Crippen molar-refractivity contribution in [1.82, 2.24) is 5.32 Å². The van der Waals surface area contributed by atoms with Crippen LogP contribution in [0.25, 0.3) is 0 Å². The van der Waals surface area contributed by atoms with E-state index < -0.39 is 0 Å². The van der Waals surface area contributed by atoms with E-state index in [1.807, 2.05) is 12.1 Å². The Kier molecular flexibility index (Phi) is 5.28. The van der Waals surface area contributed by atoms with Crippen molar-refractivity contribution in [3.8, 4) is 5.75 Å². The second kappa shape index (κ2) is 7.19. The number of nitrogens with one attached hydrogen (secondary N) is 1. The van der Waals surface area contributed by atoms with Crippen LogP contribution in [0, 0.1) is 0 Å². The molecule has 3 nitrogen and oxygen atoms in total. The minimum absolute atomic E-state index is 0.288. The standard InChI is InChI=1S/C16H23NO2/c1-3-10-17-15(16-5-4-11-19-16)12-13-6-8-14(18-2)9-7-13/h5-9,15,17H,3-4,10-12H2,1-2H3. The van der Waals surface area contributed by atoms with Crippen LogP contribution < -0.4 is 10.1 Å². The Morgan fingerprint density at radius 1 is 1.32 bits per heavy atom. The van der Waals surface area contributed by atoms with Crippen molar-refractivity contribution in [2.45, 2.75) is 32.2 Å². The monoisotopic (exact) mass is 261 g/mol. The molecule has 0 radical (unpaired) electrons. The summed E-state index contributed by atoms with van der Waals surface area (Å²) in [4.78, 5) is 0. The van der Waals surface area contributed by atoms with Crippen LogP contribution in [-0.4, -0.2) is 26.3 Å². The van der Waals surface area contributed by atoms with Crippen molar-refractivity contribution in [2.24, 2.45) is 0 Å². The smallest absolute Gasteiger partial charge is 0.118 e. The van der Waals surface area contributed by atoms with E-state index in [0.29, 0.717) is 0 Å². The highest BCUT2D eigenvalue weighted by Crippen LogP contribution is 2.19. The maximum Gasteiger partial charge on any atom is 0.118 e. The average Bonchev–Trinajstić information content (AvgIpc) is 2.98. The minimum atomic E-state index is 0.288. The SMILES string of the molecule is CCCNC(Cc1ccc(OC)cc1)C1=CCCO1. The van der Waals surface area contributed by atoms with E-state index in [1.165, 1.54) is 5.56 Å². The van der Waals surface area contributed by atoms with Gasteiger partial charge in [-0.25, -0.2) is 0 Å². The molecule has 104 valence electrons. The van der Waals surface area contributed by atoms with Gasteiger partial charge in [0.15, 0.2) is 0 Å². The Bertz CT molecular complexity index is 411. The van der Waals surface area contributed by atoms with Gasteiger partial charge in [0, 0.05) is 6.42 Å². The predicted octanol–water partition coefficient (Wildman–Crippen LogP) is 2.91. The lowest BCUT2D eigenvalue weighted by Gasteiger charge is -2.20. The highest BCUT2D eigenvalue weighted by atomic mass is 16.5. The largest absolute Gasteiger partial charge is 0.497 e. The zero-order valence-corrected chi connectivity index (χ0v) is 11.8. The summed E-state index contributed by atoms with van der Waals surface area (Å²) in [6.07, 6.45) is 5.32. The van der Waals surface area contributed by atoms with Gasteiger partial charge in [-0.2, -0.15) is 0 Å². The zero-order valence-electron chi connectivity index (χ0n) is 11.8. The van der Waals surface area contributed by atoms with E-state index >= 15 is 0 Å². The van der Waals surface area contributed by atoms with Crippen molar-refractivity contribution in [3.63, 3.8) is 0 Å². The molecule has 0 saturated carbocycles. The lowest BCUT2D eigenvalue weighted by molar-refractivity contribution is 0.214. The lowest BCUT2D eigenvalue weighted by atomic mass is 10.0. The number of benzene rings is 1. The van der Waals surface area contributed by atoms with Gasteiger partial charge < -0.3 is 14.8 Å². The third-order valence-electron chi connectivity index (χ3n) is 3.32. The van der Waals surface area contributed by atoms with Crippen LogP contribution >= 0.6 is 0 Å². The molecule has 3 heteroatoms. The Morgan fingerprint density at radius 2 is 2.11 bits per heavy atom. The van der Waals surface area contributed by atoms with Gasteiger partial charge in [-0.1, -0.05) is 19.1 Å². The molecule has 1 heterocycles. The fraction of sp³-hybridized carbons (Fsp3) is 0.500. The molecule has 0 amide bonds. The number of methoxy groups -OCH3 is 1. The van der Waals surface area contributed by atoms with Crippen molar-refractivity contribution in [3.05, 3.63) is 41.7 Å². The number of hydrogen-bond donors (Lipinski definition) is 1. The van der Waals surface area contributed by atoms with Crippen molar-refractivity contribution < 1.29 is 9.47 Å². The Hall–Kier alpha value is -1.48. The van der Waals surface area contributed by atoms with Gasteiger partial charge in [-0.05, 0) is 43.2 Å². The summed E-state index contributed by atoms with van der Waals surface area (Å²) in [6.45, 7) is 4.02. The molecule has 0 saturated heterocycles. The van der Waals surface area contributed by atoms with Gasteiger partial charge in [0.25, 0.3) is 0 Å². The molecule has 1 N–H and O–H groups in total. The fourth-order valence-electron chi connectivity index (χ4n) is 2.27. The quantitative estimate of drug-likeness (QED) is 0.818. The number of ether oxygens (including phenoxy) is 2. The van der Waals surface area contributed by atoms with Gasteiger partial charge in [0.2, 0.25) is 0 Å². The molecule has 0 aliphatic carbocycles. The van der Waals surface area contributed by atoms with Gasteiger partial charge in [-0.3, -0.25) is 0 Å². The highest BCUT2D eigenvalue weighted by molar-refractivity contribution is 5.28. The molecule has 1 atom stereocenters. The second-order valence-electron chi connectivity index (χ2n) is 4.80. The number of hydrogen-bond acceptors (Lipinski definition) is 3. The summed E-state index contributed by atoms with van der Waals surface area (Å²) in [7, 11) is 1.69. The van der Waals surface area contributed by atoms with Gasteiger partial charge in [0.1, 0.15) is 11.5 Å². The molecule has 19 heavy (non-hydrogen) atoms. The van der Waals surface area contributed by atoms with Crippen LogP contribution in [-0.2, 0) is 11.2 Å². The molecule has 0 fully saturated rings. The summed E-state index contributed by atoms with van der Waals surface area (Å²) < 4.78 is 10.9. The van der Waals surface area contributed by atoms with Crippen LogP contribution in [0.2, 0.25) is 0 Å². The van der Waals surface area contributed by atoms with E-state index in [2.05, 4.69) is 30.4 Å². The molecule has 0 aromatic heterocycles. The maximum absolute atomic E-state index is 5.70. The van der Waals surface area contributed by atoms with Crippen molar-refractivity contribution >= 4 is 0 Å². The normalized spacial score (nSPS) is 15.8. The summed E-state index contributed by atoms with van der Waals surface area (Å²) in [5.74, 6) is 2.00. The number of rotatable bonds is 7. The minimum Gasteiger partial charge on any atom is -0.497 e. The molecular formula is C16H23NO2. The third-order valence-corrected chi connectivity index (χ3v) is 3.32. The van der Waals surface area contributed by atoms with Crippen LogP contribution in [0.15, 0.2) is 36.1 Å². The first-order valence-electron chi connectivity index (χ1n) is 7.02. The summed E-state index contributed by atoms with van der Waals surface area (Å²) in [5.41, 5.74) is 1.30. The van der Waals surface area contributed by atoms with E-state index in [9.17, 15) is 0 Å². The van der Waals surface area contributed by atoms with E-state index in [4.69, 9.17) is 9.47 Å². The molecule has 1 unspecified atom stereocenters. The summed E-state index contributed by atoms with van der Waals surface area (Å²) in [6, 6.07) is 8.55. The first-order chi connectivity index (χ1) is 9.33. The van der Waals surface area contributed by atoms with Crippen LogP contribution in [0.3, 0.4) is 0 Å². The van der Waals surface area contributed by atoms with E-state index in [1.54, 1.807) is 7.11 Å². The Labute approximate surface area is 115 Å². The van der Waals surface area contributed by atoms with Gasteiger partial charge in [-0.15, -0.1) is 0 Å². The molecule has 1 aliphatic rings. The molecule has 1 aliphatic heterocycles. The molecule has 0 spiro atoms. The van der Waals surface area contributed by atoms with Crippen LogP contribution in [0.5, 0.6) is 5.75 Å². The second-order valence-corrected chi connectivity index (χ2v) is 4.80. The fourth-order valence-corrected chi connectivity index (χ4v) is 2.27. The summed E-state index contributed by atoms with van der Waals surface area (Å²) in [5, 5.41) is 3.56. The average molecular weight is 261 g/mol. The van der Waals surface area contributed by atoms with Gasteiger partial charge >= 0.3 is 0 Å². The van der Waals surface area contributed by atoms with E-state index in [-0.39, 0.29) is 6.04 Å².